The van der Waals surface area contributed by atoms with E-state index in [1.807, 2.05) is 6.92 Å². The van der Waals surface area contributed by atoms with Crippen molar-refractivity contribution in [2.45, 2.75) is 43.1 Å². The lowest BCUT2D eigenvalue weighted by atomic mass is 9.98. The average molecular weight is 262 g/mol. The maximum atomic E-state index is 9.92. The van der Waals surface area contributed by atoms with Gasteiger partial charge in [0.05, 0.1) is 12.6 Å². The molecule has 2 aliphatic rings. The van der Waals surface area contributed by atoms with Crippen molar-refractivity contribution in [3.05, 3.63) is 0 Å². The number of ether oxygens (including phenoxy) is 1. The molecule has 2 fully saturated rings. The number of rotatable bonds is 3. The van der Waals surface area contributed by atoms with Crippen LogP contribution in [0.15, 0.2) is 4.99 Å². The highest BCUT2D eigenvalue weighted by Crippen LogP contribution is 2.33. The maximum Gasteiger partial charge on any atom is 0.159 e. The number of aliphatic hydroxyl groups excluding tert-OH is 3. The third kappa shape index (κ3) is 2.58. The van der Waals surface area contributed by atoms with Crippen molar-refractivity contribution < 1.29 is 20.1 Å². The van der Waals surface area contributed by atoms with E-state index in [9.17, 15) is 10.2 Å². The Bertz CT molecular complexity index is 302. The van der Waals surface area contributed by atoms with Gasteiger partial charge in [-0.3, -0.25) is 4.99 Å². The quantitative estimate of drug-likeness (QED) is 0.516. The Labute approximate surface area is 104 Å². The molecule has 0 aromatic heterocycles. The van der Waals surface area contributed by atoms with Crippen LogP contribution in [-0.2, 0) is 4.74 Å². The number of amidine groups is 1. The molecule has 0 bridgehead atoms. The standard InChI is InChI=1S/C10H18N2O4S/c1-2-3-11-10-12-6-8(15)7(14)5(4-13)16-9(6)17-10/h5-9,13-15H,2-4H2,1H3,(H,11,12)/t5-,6+,7-,8-,9+/m1/s1. The summed E-state index contributed by atoms with van der Waals surface area (Å²) in [5.74, 6) is 0. The minimum Gasteiger partial charge on any atom is -0.394 e. The normalized spacial score (nSPS) is 43.5. The number of fused-ring (bicyclic) bond motifs is 1. The summed E-state index contributed by atoms with van der Waals surface area (Å²) in [5.41, 5.74) is -0.304. The number of nitrogens with one attached hydrogen (secondary N) is 1. The molecule has 0 aromatic rings. The Kier molecular flexibility index (Phi) is 4.26. The molecule has 0 amide bonds. The number of aliphatic hydroxyl groups is 3. The Morgan fingerprint density at radius 2 is 2.18 bits per heavy atom. The minimum atomic E-state index is -1.07. The van der Waals surface area contributed by atoms with Crippen molar-refractivity contribution in [2.75, 3.05) is 13.2 Å². The molecule has 0 spiro atoms. The predicted octanol–water partition coefficient (Wildman–Crippen LogP) is -1.10. The first-order valence-corrected chi connectivity index (χ1v) is 6.65. The van der Waals surface area contributed by atoms with Gasteiger partial charge in [-0.1, -0.05) is 18.7 Å². The van der Waals surface area contributed by atoms with Gasteiger partial charge in [-0.25, -0.2) is 0 Å². The van der Waals surface area contributed by atoms with Gasteiger partial charge in [0.2, 0.25) is 0 Å². The lowest BCUT2D eigenvalue weighted by molar-refractivity contribution is -0.167. The summed E-state index contributed by atoms with van der Waals surface area (Å²) in [4.78, 5) is 4.31. The van der Waals surface area contributed by atoms with E-state index in [1.54, 1.807) is 0 Å². The van der Waals surface area contributed by atoms with Crippen LogP contribution in [0.2, 0.25) is 0 Å². The van der Waals surface area contributed by atoms with E-state index >= 15 is 0 Å². The zero-order valence-electron chi connectivity index (χ0n) is 9.61. The predicted molar refractivity (Wildman–Crippen MR) is 64.9 cm³/mol. The molecule has 6 nitrogen and oxygen atoms in total. The van der Waals surface area contributed by atoms with Gasteiger partial charge in [0.1, 0.15) is 23.7 Å². The largest absolute Gasteiger partial charge is 0.394 e. The molecule has 0 unspecified atom stereocenters. The smallest absolute Gasteiger partial charge is 0.159 e. The van der Waals surface area contributed by atoms with E-state index in [2.05, 4.69) is 10.3 Å². The van der Waals surface area contributed by atoms with E-state index in [-0.39, 0.29) is 18.1 Å². The highest BCUT2D eigenvalue weighted by molar-refractivity contribution is 8.14. The van der Waals surface area contributed by atoms with Crippen LogP contribution in [0.25, 0.3) is 0 Å². The van der Waals surface area contributed by atoms with E-state index in [0.717, 1.165) is 18.1 Å². The van der Waals surface area contributed by atoms with Crippen LogP contribution in [-0.4, -0.2) is 63.4 Å². The average Bonchev–Trinajstić information content (AvgIpc) is 2.74. The zero-order valence-corrected chi connectivity index (χ0v) is 10.4. The fourth-order valence-corrected chi connectivity index (χ4v) is 3.08. The first-order chi connectivity index (χ1) is 8.17. The first kappa shape index (κ1) is 13.1. The zero-order chi connectivity index (χ0) is 12.4. The molecule has 2 heterocycles. The highest BCUT2D eigenvalue weighted by Gasteiger charge is 2.48. The van der Waals surface area contributed by atoms with Gasteiger partial charge in [-0.05, 0) is 6.42 Å². The lowest BCUT2D eigenvalue weighted by Gasteiger charge is -2.38. The molecule has 17 heavy (non-hydrogen) atoms. The van der Waals surface area contributed by atoms with E-state index < -0.39 is 18.3 Å². The van der Waals surface area contributed by atoms with Crippen molar-refractivity contribution in [2.24, 2.45) is 4.99 Å². The Morgan fingerprint density at radius 3 is 2.82 bits per heavy atom. The number of hydrogen-bond acceptors (Lipinski definition) is 6. The van der Waals surface area contributed by atoms with Crippen LogP contribution >= 0.6 is 11.8 Å². The fraction of sp³-hybridized carbons (Fsp3) is 0.900. The summed E-state index contributed by atoms with van der Waals surface area (Å²) < 4.78 is 5.51. The van der Waals surface area contributed by atoms with Gasteiger partial charge >= 0.3 is 0 Å². The van der Waals surface area contributed by atoms with Crippen LogP contribution < -0.4 is 5.32 Å². The van der Waals surface area contributed by atoms with Crippen LogP contribution in [0, 0.1) is 0 Å². The van der Waals surface area contributed by atoms with Gasteiger partial charge < -0.3 is 25.4 Å². The molecule has 0 radical (unpaired) electrons. The van der Waals surface area contributed by atoms with Crippen molar-refractivity contribution in [3.63, 3.8) is 0 Å². The minimum absolute atomic E-state index is 0.302. The molecule has 2 rings (SSSR count). The molecule has 98 valence electrons. The summed E-state index contributed by atoms with van der Waals surface area (Å²) in [7, 11) is 0. The van der Waals surface area contributed by atoms with Crippen LogP contribution in [0.4, 0.5) is 0 Å². The molecule has 0 saturated carbocycles. The molecular formula is C10H18N2O4S. The molecule has 2 aliphatic heterocycles. The number of nitrogens with zero attached hydrogens (tertiary/aromatic N) is 1. The maximum absolute atomic E-state index is 9.92. The molecule has 0 aromatic carbocycles. The first-order valence-electron chi connectivity index (χ1n) is 5.77. The van der Waals surface area contributed by atoms with Gasteiger partial charge in [0, 0.05) is 6.54 Å². The van der Waals surface area contributed by atoms with Gasteiger partial charge in [-0.15, -0.1) is 0 Å². The molecule has 7 heteroatoms. The lowest BCUT2D eigenvalue weighted by Crippen LogP contribution is -2.59. The highest BCUT2D eigenvalue weighted by atomic mass is 32.2. The number of hydrogen-bond donors (Lipinski definition) is 4. The molecular weight excluding hydrogens is 244 g/mol. The Morgan fingerprint density at radius 1 is 1.41 bits per heavy atom. The summed E-state index contributed by atoms with van der Waals surface area (Å²) in [6, 6.07) is -0.367. The Hall–Kier alpha value is -0.340. The van der Waals surface area contributed by atoms with Gasteiger partial charge in [-0.2, -0.15) is 0 Å². The van der Waals surface area contributed by atoms with Gasteiger partial charge in [0.15, 0.2) is 5.17 Å². The molecule has 2 saturated heterocycles. The van der Waals surface area contributed by atoms with E-state index in [1.165, 1.54) is 11.8 Å². The second-order valence-electron chi connectivity index (χ2n) is 4.18. The SMILES string of the molecule is CCCN=C1N[C@H]2[C@@H](O)[C@H](O)[C@@H](CO)O[C@H]2S1. The third-order valence-electron chi connectivity index (χ3n) is 2.88. The van der Waals surface area contributed by atoms with Crippen molar-refractivity contribution in [1.82, 2.24) is 5.32 Å². The molecule has 0 aliphatic carbocycles. The van der Waals surface area contributed by atoms with Gasteiger partial charge in [0.25, 0.3) is 0 Å². The summed E-state index contributed by atoms with van der Waals surface area (Å²) in [6.45, 7) is 2.45. The van der Waals surface area contributed by atoms with Crippen molar-refractivity contribution >= 4 is 16.9 Å². The number of aliphatic imine (C=N–C) groups is 1. The second-order valence-corrected chi connectivity index (χ2v) is 5.27. The van der Waals surface area contributed by atoms with Crippen LogP contribution in [0.5, 0.6) is 0 Å². The molecule has 5 atom stereocenters. The summed E-state index contributed by atoms with van der Waals surface area (Å²) in [5, 5.41) is 32.5. The third-order valence-corrected chi connectivity index (χ3v) is 3.98. The molecule has 4 N–H and O–H groups in total. The van der Waals surface area contributed by atoms with Crippen molar-refractivity contribution in [1.29, 1.82) is 0 Å². The summed E-state index contributed by atoms with van der Waals surface area (Å²) in [6.07, 6.45) is -1.80. The second kappa shape index (κ2) is 5.53. The topological polar surface area (TPSA) is 94.3 Å². The summed E-state index contributed by atoms with van der Waals surface area (Å²) >= 11 is 1.39. The fourth-order valence-electron chi connectivity index (χ4n) is 1.92. The van der Waals surface area contributed by atoms with Crippen LogP contribution in [0.1, 0.15) is 13.3 Å². The number of thioether (sulfide) groups is 1. The monoisotopic (exact) mass is 262 g/mol. The van der Waals surface area contributed by atoms with Crippen molar-refractivity contribution in [3.8, 4) is 0 Å². The Balaban J connectivity index is 2.04. The van der Waals surface area contributed by atoms with E-state index in [0.29, 0.717) is 0 Å². The van der Waals surface area contributed by atoms with Crippen LogP contribution in [0.3, 0.4) is 0 Å². The van der Waals surface area contributed by atoms with E-state index in [4.69, 9.17) is 9.84 Å².